The number of aliphatic carboxylic acids is 1. The van der Waals surface area contributed by atoms with E-state index >= 15 is 0 Å². The zero-order chi connectivity index (χ0) is 71.4. The van der Waals surface area contributed by atoms with Crippen LogP contribution in [0, 0.1) is 17.8 Å². The van der Waals surface area contributed by atoms with Crippen LogP contribution >= 0.6 is 0 Å². The molecule has 27 atom stereocenters. The highest BCUT2D eigenvalue weighted by Crippen LogP contribution is 2.39. The topological polar surface area (TPSA) is 495 Å². The number of benzene rings is 1. The standard InChI is InChI=1S/C60H87NO22.C7H17NO5/c1-34-20-16-13-11-9-7-5-6-8-10-12-14-19-23-42(81-59-55(74)51(53(72)37(4)80-59)61-32-46(68)54(73)56-47(69)33-78-58(82-56)38-21-17-15-18-22-38)29-48-50(57(75)76)45(67)31-60(77,83-48)30-41(64)27-44(66)43(65)25-24-39(62)26-40(63)28-49(70)79-36(3)35(2)52(34)71;1-8-2-4(10)6(12)7(13)5(11)3-9/h5-23,34-37,39-45,47-48,50-56,58-59,61-67,69,71-74,77H,24-33H2,1-4H3,(H,75,76);4-13H,2-3H2,1H3/t34-,35-,36-,37+,39+,40+,41-,42-,43+,44+,45-,47+,48-,50+,51-,52+,53+,54+,55-,56+,58?,59-,60+;4-,5+,6+,7+/m00/s1. The molecule has 0 aromatic heterocycles. The maximum absolute atomic E-state index is 13.4. The molecule has 29 heteroatoms. The number of rotatable bonds is 15. The van der Waals surface area contributed by atoms with Gasteiger partial charge in [0, 0.05) is 49.6 Å². The Morgan fingerprint density at radius 2 is 1.25 bits per heavy atom. The minimum absolute atomic E-state index is 0.0936. The number of hydrogen-bond acceptors (Lipinski definition) is 28. The van der Waals surface area contributed by atoms with E-state index in [0.717, 1.165) is 0 Å². The van der Waals surface area contributed by atoms with Crippen molar-refractivity contribution in [2.75, 3.05) is 33.4 Å². The number of aliphatic hydroxyl groups excluding tert-OH is 16. The molecule has 29 nitrogen and oxygen atoms in total. The Hall–Kier alpha value is -4.95. The van der Waals surface area contributed by atoms with Gasteiger partial charge in [-0.2, -0.15) is 0 Å². The molecule has 0 aliphatic carbocycles. The van der Waals surface area contributed by atoms with Crippen LogP contribution in [0.4, 0.5) is 0 Å². The van der Waals surface area contributed by atoms with E-state index in [1.807, 2.05) is 6.92 Å². The monoisotopic (exact) mass is 1370 g/mol. The second-order valence-electron chi connectivity index (χ2n) is 24.9. The van der Waals surface area contributed by atoms with Gasteiger partial charge in [0.05, 0.1) is 105 Å². The molecule has 0 amide bonds. The third-order valence-corrected chi connectivity index (χ3v) is 17.0. The van der Waals surface area contributed by atoms with E-state index in [1.54, 1.807) is 124 Å². The van der Waals surface area contributed by atoms with Gasteiger partial charge in [0.15, 0.2) is 24.2 Å². The van der Waals surface area contributed by atoms with Gasteiger partial charge in [0.25, 0.3) is 0 Å². The normalized spacial score (nSPS) is 37.1. The minimum atomic E-state index is -2.42. The van der Waals surface area contributed by atoms with Crippen molar-refractivity contribution in [3.63, 3.8) is 0 Å². The third-order valence-electron chi connectivity index (χ3n) is 17.0. The maximum Gasteiger partial charge on any atom is 0.311 e. The van der Waals surface area contributed by atoms with Crippen LogP contribution in [0.15, 0.2) is 115 Å². The van der Waals surface area contributed by atoms with Gasteiger partial charge in [-0.05, 0) is 40.2 Å². The molecule has 3 saturated heterocycles. The van der Waals surface area contributed by atoms with Crippen molar-refractivity contribution in [1.29, 1.82) is 0 Å². The second-order valence-corrected chi connectivity index (χ2v) is 24.9. The number of cyclic esters (lactones) is 1. The van der Waals surface area contributed by atoms with Gasteiger partial charge in [0.2, 0.25) is 0 Å². The van der Waals surface area contributed by atoms with Gasteiger partial charge in [-0.3, -0.25) is 14.4 Å². The Labute approximate surface area is 558 Å². The number of ether oxygens (including phenoxy) is 6. The molecular weight excluding hydrogens is 1260 g/mol. The third kappa shape index (κ3) is 27.3. The molecule has 3 fully saturated rings. The highest BCUT2D eigenvalue weighted by atomic mass is 16.7. The average molecular weight is 1370 g/mol. The number of hydrogen-bond donors (Lipinski definition) is 20. The Bertz CT molecular complexity index is 2650. The van der Waals surface area contributed by atoms with E-state index in [4.69, 9.17) is 48.8 Å². The fraction of sp³-hybridized carbons (Fsp3) is 0.657. The van der Waals surface area contributed by atoms with Crippen molar-refractivity contribution in [1.82, 2.24) is 10.6 Å². The average Bonchev–Trinajstić information content (AvgIpc) is 0.795. The summed E-state index contributed by atoms with van der Waals surface area (Å²) in [6.07, 6.45) is -10.4. The smallest absolute Gasteiger partial charge is 0.311 e. The van der Waals surface area contributed by atoms with Crippen LogP contribution < -0.4 is 10.6 Å². The van der Waals surface area contributed by atoms with E-state index in [-0.39, 0.29) is 38.3 Å². The number of ketones is 1. The van der Waals surface area contributed by atoms with Gasteiger partial charge in [-0.15, -0.1) is 0 Å². The van der Waals surface area contributed by atoms with Crippen molar-refractivity contribution in [3.8, 4) is 0 Å². The lowest BCUT2D eigenvalue weighted by atomic mass is 9.82. The first-order valence-corrected chi connectivity index (χ1v) is 32.3. The molecule has 544 valence electrons. The van der Waals surface area contributed by atoms with Crippen LogP contribution in [0.5, 0.6) is 0 Å². The summed E-state index contributed by atoms with van der Waals surface area (Å²) in [5, 5.41) is 193. The summed E-state index contributed by atoms with van der Waals surface area (Å²) in [4.78, 5) is 38.9. The largest absolute Gasteiger partial charge is 0.481 e. The Morgan fingerprint density at radius 1 is 0.656 bits per heavy atom. The van der Waals surface area contributed by atoms with Gasteiger partial charge in [-0.25, -0.2) is 0 Å². The number of allylic oxidation sites excluding steroid dienone is 12. The fourth-order valence-corrected chi connectivity index (χ4v) is 11.2. The molecule has 0 radical (unpaired) electrons. The fourth-order valence-electron chi connectivity index (χ4n) is 11.2. The number of carbonyl (C=O) groups is 3. The van der Waals surface area contributed by atoms with E-state index in [9.17, 15) is 85.9 Å². The van der Waals surface area contributed by atoms with Crippen molar-refractivity contribution in [2.24, 2.45) is 17.8 Å². The lowest BCUT2D eigenvalue weighted by Crippen LogP contribution is -2.64. The van der Waals surface area contributed by atoms with Crippen LogP contribution in [0.2, 0.25) is 0 Å². The van der Waals surface area contributed by atoms with Crippen LogP contribution in [-0.4, -0.2) is 283 Å². The van der Waals surface area contributed by atoms with Crippen LogP contribution in [0.25, 0.3) is 0 Å². The van der Waals surface area contributed by atoms with E-state index in [2.05, 4.69) is 10.6 Å². The van der Waals surface area contributed by atoms with Gasteiger partial charge >= 0.3 is 11.9 Å². The predicted molar refractivity (Wildman–Crippen MR) is 343 cm³/mol. The summed E-state index contributed by atoms with van der Waals surface area (Å²) in [5.74, 6) is -8.04. The number of carboxylic acid groups (broad SMARTS) is 1. The molecule has 1 aromatic carbocycles. The van der Waals surface area contributed by atoms with Crippen LogP contribution in [-0.2, 0) is 42.8 Å². The van der Waals surface area contributed by atoms with E-state index < -0.39 is 221 Å². The number of likely N-dealkylation sites (N-methyl/N-ethyl adjacent to an activating group) is 1. The number of nitrogens with one attached hydrogen (secondary N) is 2. The first-order valence-electron chi connectivity index (χ1n) is 32.3. The number of Topliss-reactive ketones (excluding diaryl/α,β-unsaturated/α-hetero) is 1. The van der Waals surface area contributed by atoms with Crippen LogP contribution in [0.1, 0.15) is 90.9 Å². The number of aliphatic hydroxyl groups is 17. The summed E-state index contributed by atoms with van der Waals surface area (Å²) in [6, 6.07) is 7.32. The first-order chi connectivity index (χ1) is 45.4. The molecule has 4 heterocycles. The number of carbonyl (C=O) groups excluding carboxylic acids is 2. The SMILES string of the molecule is CNC[C@H](O)[C@@H](O)[C@H](O)[C@H](O)CO.C[C@@H]1[C@H](O)[C@@H](C)C=CC=CC=CC=CC=CC=CC=C[C@H](O[C@@H]2O[C@H](C)[C@@H](O)[C@H](NCC(=O)[C@@H](O)[C@@H]3OC(c4ccccc4)OC[C@H]3O)[C@@H]2O)C[C@@H]2O[C@](O)(C[C@@H](O)C[C@@H](O)[C@H](O)CC[C@@H](O)C[C@@H](O)CC(=O)O[C@H]1C)C[C@H](O)[C@H]2C(=O)O. The van der Waals surface area contributed by atoms with Gasteiger partial charge in [0.1, 0.15) is 54.7 Å². The maximum atomic E-state index is 13.4. The molecule has 2 bridgehead atoms. The van der Waals surface area contributed by atoms with E-state index in [1.165, 1.54) is 19.1 Å². The molecule has 96 heavy (non-hydrogen) atoms. The highest BCUT2D eigenvalue weighted by Gasteiger charge is 2.52. The number of esters is 1. The quantitative estimate of drug-likeness (QED) is 0.0800. The lowest BCUT2D eigenvalue weighted by Gasteiger charge is -2.45. The highest BCUT2D eigenvalue weighted by molar-refractivity contribution is 5.85. The summed E-state index contributed by atoms with van der Waals surface area (Å²) in [5.41, 5.74) is 0.582. The molecule has 20 N–H and O–H groups in total. The Morgan fingerprint density at radius 3 is 1.84 bits per heavy atom. The molecule has 4 aliphatic rings. The van der Waals surface area contributed by atoms with Crippen molar-refractivity contribution >= 4 is 17.7 Å². The molecule has 1 unspecified atom stereocenters. The van der Waals surface area contributed by atoms with Crippen molar-refractivity contribution in [3.05, 3.63) is 121 Å². The lowest BCUT2D eigenvalue weighted by molar-refractivity contribution is -0.309. The van der Waals surface area contributed by atoms with Crippen molar-refractivity contribution in [2.45, 2.75) is 226 Å². The Kier molecular flexibility index (Phi) is 36.7. The van der Waals surface area contributed by atoms with Gasteiger partial charge < -0.3 is 131 Å². The predicted octanol–water partition coefficient (Wildman–Crippen LogP) is -2.61. The number of carboxylic acids is 1. The first kappa shape index (κ1) is 83.5. The Balaban J connectivity index is 0.00000135. The molecule has 1 aromatic rings. The molecule has 4 aliphatic heterocycles. The van der Waals surface area contributed by atoms with Crippen molar-refractivity contribution < 1.29 is 135 Å². The summed E-state index contributed by atoms with van der Waals surface area (Å²) >= 11 is 0. The summed E-state index contributed by atoms with van der Waals surface area (Å²) in [7, 11) is 1.57. The zero-order valence-corrected chi connectivity index (χ0v) is 54.7. The molecule has 5 rings (SSSR count). The van der Waals surface area contributed by atoms with Crippen LogP contribution in [0.3, 0.4) is 0 Å². The second kappa shape index (κ2) is 42.2. The minimum Gasteiger partial charge on any atom is -0.481 e. The number of fused-ring (bicyclic) bond motifs is 2. The molecular formula is C67H104N2O27. The van der Waals surface area contributed by atoms with E-state index in [0.29, 0.717) is 5.56 Å². The molecule has 0 spiro atoms. The summed E-state index contributed by atoms with van der Waals surface area (Å²) in [6.45, 7) is 5.18. The summed E-state index contributed by atoms with van der Waals surface area (Å²) < 4.78 is 35.0. The van der Waals surface area contributed by atoms with Gasteiger partial charge in [-0.1, -0.05) is 129 Å². The molecule has 0 saturated carbocycles. The zero-order valence-electron chi connectivity index (χ0n) is 54.7.